The molecular weight excluding hydrogens is 438 g/mol. The minimum absolute atomic E-state index is 0.159. The van der Waals surface area contributed by atoms with Crippen molar-refractivity contribution in [3.8, 4) is 0 Å². The number of halogens is 1. The van der Waals surface area contributed by atoms with Crippen LogP contribution < -0.4 is 0 Å². The molecule has 0 amide bonds. The highest BCUT2D eigenvalue weighted by Gasteiger charge is 2.52. The summed E-state index contributed by atoms with van der Waals surface area (Å²) in [7, 11) is -2.63. The van der Waals surface area contributed by atoms with Crippen LogP contribution in [0, 0.1) is 5.92 Å². The van der Waals surface area contributed by atoms with Crippen molar-refractivity contribution >= 4 is 48.7 Å². The van der Waals surface area contributed by atoms with Gasteiger partial charge in [0, 0.05) is 21.8 Å². The van der Waals surface area contributed by atoms with Gasteiger partial charge in [0.1, 0.15) is 0 Å². The van der Waals surface area contributed by atoms with Gasteiger partial charge in [-0.1, -0.05) is 15.9 Å². The predicted molar refractivity (Wildman–Crippen MR) is 104 cm³/mol. The molecule has 0 bridgehead atoms. The molecule has 1 aliphatic rings. The molecule has 7 nitrogen and oxygen atoms in total. The molecule has 1 heterocycles. The summed E-state index contributed by atoms with van der Waals surface area (Å²) in [5.41, 5.74) is 1.96. The molecule has 1 aromatic heterocycles. The number of aryl methyl sites for hydroxylation is 1. The van der Waals surface area contributed by atoms with Gasteiger partial charge in [0.2, 0.25) is 0 Å². The first kappa shape index (κ1) is 19.9. The number of rotatable bonds is 3. The fourth-order valence-electron chi connectivity index (χ4n) is 4.04. The second-order valence-corrected chi connectivity index (χ2v) is 10.3. The summed E-state index contributed by atoms with van der Waals surface area (Å²) in [6.07, 6.45) is 0.964. The zero-order valence-corrected chi connectivity index (χ0v) is 17.6. The second-order valence-electron chi connectivity index (χ2n) is 7.02. The average Bonchev–Trinajstić information content (AvgIpc) is 2.92. The number of hydrogen-bond acceptors (Lipinski definition) is 5. The summed E-state index contributed by atoms with van der Waals surface area (Å²) >= 11 is 3.41. The third-order valence-electron chi connectivity index (χ3n) is 5.66. The van der Waals surface area contributed by atoms with E-state index < -0.39 is 32.6 Å². The Bertz CT molecular complexity index is 1060. The highest BCUT2D eigenvalue weighted by molar-refractivity contribution is 9.10. The van der Waals surface area contributed by atoms with Gasteiger partial charge in [0.15, 0.2) is 14.6 Å². The summed E-state index contributed by atoms with van der Waals surface area (Å²) in [4.78, 5) is 24.3. The van der Waals surface area contributed by atoms with E-state index in [4.69, 9.17) is 4.74 Å². The monoisotopic (exact) mass is 457 g/mol. The van der Waals surface area contributed by atoms with Gasteiger partial charge in [-0.2, -0.15) is 0 Å². The van der Waals surface area contributed by atoms with Crippen LogP contribution in [0.1, 0.15) is 24.6 Å². The minimum atomic E-state index is -3.79. The smallest absolute Gasteiger partial charge is 0.416 e. The molecule has 9 heteroatoms. The van der Waals surface area contributed by atoms with Crippen LogP contribution in [0.2, 0.25) is 0 Å². The number of methoxy groups -OCH3 is 1. The van der Waals surface area contributed by atoms with E-state index in [1.54, 1.807) is 12.1 Å². The molecule has 0 radical (unpaired) electrons. The number of carbonyl (C=O) groups is 2. The van der Waals surface area contributed by atoms with Gasteiger partial charge < -0.3 is 9.84 Å². The molecule has 0 fully saturated rings. The van der Waals surface area contributed by atoms with Crippen LogP contribution in [-0.2, 0) is 32.2 Å². The fourth-order valence-corrected chi connectivity index (χ4v) is 5.59. The highest BCUT2D eigenvalue weighted by Crippen LogP contribution is 2.41. The number of carbonyl (C=O) groups excluding carboxylic acids is 1. The Morgan fingerprint density at radius 3 is 2.59 bits per heavy atom. The first-order valence-electron chi connectivity index (χ1n) is 8.35. The van der Waals surface area contributed by atoms with Crippen molar-refractivity contribution < 1.29 is 27.9 Å². The summed E-state index contributed by atoms with van der Waals surface area (Å²) in [5.74, 6) is -1.41. The fraction of sp³-hybridized carbons (Fsp3) is 0.444. The van der Waals surface area contributed by atoms with Crippen LogP contribution in [0.15, 0.2) is 22.7 Å². The number of hydrogen-bond donors (Lipinski definition) is 1. The summed E-state index contributed by atoms with van der Waals surface area (Å²) in [5, 5.41) is 10.6. The number of sulfone groups is 1. The summed E-state index contributed by atoms with van der Waals surface area (Å²) in [6.45, 7) is 1.37. The molecule has 2 unspecified atom stereocenters. The van der Waals surface area contributed by atoms with Crippen LogP contribution in [0.25, 0.3) is 10.9 Å². The Labute approximate surface area is 165 Å². The molecule has 146 valence electrons. The molecule has 2 aromatic rings. The lowest BCUT2D eigenvalue weighted by Gasteiger charge is -2.36. The molecule has 27 heavy (non-hydrogen) atoms. The van der Waals surface area contributed by atoms with E-state index in [2.05, 4.69) is 15.9 Å². The highest BCUT2D eigenvalue weighted by atomic mass is 79.9. The van der Waals surface area contributed by atoms with E-state index in [0.29, 0.717) is 24.1 Å². The zero-order valence-electron chi connectivity index (χ0n) is 15.2. The molecule has 1 N–H and O–H groups in total. The molecule has 0 saturated heterocycles. The van der Waals surface area contributed by atoms with Crippen molar-refractivity contribution in [2.45, 2.75) is 30.9 Å². The number of nitrogens with zero attached hydrogens (tertiary/aromatic N) is 1. The van der Waals surface area contributed by atoms with E-state index in [9.17, 15) is 23.1 Å². The lowest BCUT2D eigenvalue weighted by Crippen LogP contribution is -2.52. The first-order chi connectivity index (χ1) is 12.5. The third-order valence-corrected chi connectivity index (χ3v) is 8.19. The van der Waals surface area contributed by atoms with Crippen molar-refractivity contribution in [3.63, 3.8) is 0 Å². The number of benzene rings is 1. The van der Waals surface area contributed by atoms with E-state index in [-0.39, 0.29) is 6.42 Å². The number of aromatic nitrogens is 1. The van der Waals surface area contributed by atoms with Crippen LogP contribution in [-0.4, -0.2) is 48.3 Å². The lowest BCUT2D eigenvalue weighted by atomic mass is 9.79. The van der Waals surface area contributed by atoms with Gasteiger partial charge in [-0.15, -0.1) is 0 Å². The Kier molecular flexibility index (Phi) is 4.88. The maximum atomic E-state index is 12.5. The topological polar surface area (TPSA) is 103 Å². The van der Waals surface area contributed by atoms with Crippen molar-refractivity contribution in [2.24, 2.45) is 5.92 Å². The normalized spacial score (nSPS) is 19.3. The Hall–Kier alpha value is -1.87. The van der Waals surface area contributed by atoms with Crippen molar-refractivity contribution in [1.29, 1.82) is 0 Å². The maximum Gasteiger partial charge on any atom is 0.416 e. The third kappa shape index (κ3) is 2.97. The van der Waals surface area contributed by atoms with Gasteiger partial charge >= 0.3 is 12.1 Å². The zero-order chi connectivity index (χ0) is 20.1. The number of carboxylic acid groups (broad SMARTS) is 1. The summed E-state index contributed by atoms with van der Waals surface area (Å²) < 4.78 is 30.0. The largest absolute Gasteiger partial charge is 0.468 e. The number of fused-ring (bicyclic) bond motifs is 3. The Morgan fingerprint density at radius 2 is 2.04 bits per heavy atom. The van der Waals surface area contributed by atoms with Crippen molar-refractivity contribution in [1.82, 2.24) is 4.57 Å². The number of ether oxygens (including phenoxy) is 1. The molecule has 0 saturated carbocycles. The van der Waals surface area contributed by atoms with Gasteiger partial charge in [0.05, 0.1) is 12.6 Å². The van der Waals surface area contributed by atoms with Crippen LogP contribution >= 0.6 is 15.9 Å². The van der Waals surface area contributed by atoms with E-state index in [1.807, 2.05) is 6.07 Å². The van der Waals surface area contributed by atoms with E-state index in [1.165, 1.54) is 11.5 Å². The standard InChI is InChI=1S/C18H20BrNO6S/c1-18(16(21)26-2,27(3,24)25)10-4-6-12-13-9-11(19)5-7-14(13)20(17(22)23)15(12)8-10/h5,7,9-10H,4,6,8H2,1-3H3,(H,22,23). The van der Waals surface area contributed by atoms with Gasteiger partial charge in [-0.05, 0) is 55.9 Å². The maximum absolute atomic E-state index is 12.5. The first-order valence-corrected chi connectivity index (χ1v) is 11.0. The predicted octanol–water partition coefficient (Wildman–Crippen LogP) is 3.01. The lowest BCUT2D eigenvalue weighted by molar-refractivity contribution is -0.145. The number of esters is 1. The van der Waals surface area contributed by atoms with Crippen molar-refractivity contribution in [2.75, 3.05) is 13.4 Å². The van der Waals surface area contributed by atoms with Gasteiger partial charge in [-0.25, -0.2) is 17.8 Å². The SMILES string of the molecule is COC(=O)C(C)(C1CCc2c(n(C(=O)O)c3ccc(Br)cc23)C1)S(C)(=O)=O. The molecule has 1 aliphatic carbocycles. The average molecular weight is 458 g/mol. The summed E-state index contributed by atoms with van der Waals surface area (Å²) in [6, 6.07) is 5.35. The van der Waals surface area contributed by atoms with Crippen LogP contribution in [0.3, 0.4) is 0 Å². The molecule has 3 rings (SSSR count). The minimum Gasteiger partial charge on any atom is -0.468 e. The van der Waals surface area contributed by atoms with Crippen molar-refractivity contribution in [3.05, 3.63) is 33.9 Å². The van der Waals surface area contributed by atoms with E-state index in [0.717, 1.165) is 28.8 Å². The van der Waals surface area contributed by atoms with Crippen LogP contribution in [0.4, 0.5) is 4.79 Å². The molecule has 0 aliphatic heterocycles. The molecule has 1 aromatic carbocycles. The second kappa shape index (κ2) is 6.63. The molecule has 0 spiro atoms. The molecule has 2 atom stereocenters. The molecular formula is C18H20BrNO6S. The quantitative estimate of drug-likeness (QED) is 0.710. The van der Waals surface area contributed by atoms with Crippen LogP contribution in [0.5, 0.6) is 0 Å². The van der Waals surface area contributed by atoms with Gasteiger partial charge in [-0.3, -0.25) is 4.79 Å². The van der Waals surface area contributed by atoms with E-state index >= 15 is 0 Å². The Balaban J connectivity index is 2.20. The van der Waals surface area contributed by atoms with Gasteiger partial charge in [0.25, 0.3) is 0 Å². The Morgan fingerprint density at radius 1 is 1.37 bits per heavy atom.